The van der Waals surface area contributed by atoms with Crippen LogP contribution in [0.3, 0.4) is 0 Å². The van der Waals surface area contributed by atoms with Crippen molar-refractivity contribution in [1.29, 1.82) is 0 Å². The fraction of sp³-hybridized carbons (Fsp3) is 0.391. The number of halogens is 1. The number of nitrogens with one attached hydrogen (secondary N) is 1. The number of hydrogen-bond acceptors (Lipinski definition) is 3. The molecule has 1 fully saturated rings. The highest BCUT2D eigenvalue weighted by atomic mass is 35.5. The van der Waals surface area contributed by atoms with Gasteiger partial charge in [0.2, 0.25) is 5.91 Å². The Balaban J connectivity index is 2.08. The highest BCUT2D eigenvalue weighted by Crippen LogP contribution is 2.36. The Morgan fingerprint density at radius 1 is 1.24 bits per heavy atom. The molecule has 0 radical (unpaired) electrons. The lowest BCUT2D eigenvalue weighted by atomic mass is 9.87. The molecule has 2 aromatic rings. The van der Waals surface area contributed by atoms with Crippen LogP contribution >= 0.6 is 11.6 Å². The maximum Gasteiger partial charge on any atom is 0.335 e. The van der Waals surface area contributed by atoms with Crippen molar-refractivity contribution in [3.05, 3.63) is 64.2 Å². The minimum absolute atomic E-state index is 0.121. The van der Waals surface area contributed by atoms with Crippen molar-refractivity contribution in [1.82, 2.24) is 5.32 Å². The summed E-state index contributed by atoms with van der Waals surface area (Å²) in [6, 6.07) is 12.2. The number of piperidine rings is 1. The molecule has 0 aliphatic carbocycles. The van der Waals surface area contributed by atoms with E-state index in [1.54, 1.807) is 12.1 Å². The molecule has 5 nitrogen and oxygen atoms in total. The van der Waals surface area contributed by atoms with Crippen LogP contribution in [-0.2, 0) is 4.79 Å². The van der Waals surface area contributed by atoms with Gasteiger partial charge in [0, 0.05) is 30.3 Å². The Labute approximate surface area is 176 Å². The van der Waals surface area contributed by atoms with Crippen molar-refractivity contribution in [3.63, 3.8) is 0 Å². The highest BCUT2D eigenvalue weighted by Gasteiger charge is 2.28. The van der Waals surface area contributed by atoms with Crippen LogP contribution < -0.4 is 10.2 Å². The van der Waals surface area contributed by atoms with E-state index in [9.17, 15) is 14.7 Å². The van der Waals surface area contributed by atoms with Gasteiger partial charge in [-0.3, -0.25) is 4.79 Å². The van der Waals surface area contributed by atoms with Gasteiger partial charge in [0.1, 0.15) is 0 Å². The maximum atomic E-state index is 13.1. The lowest BCUT2D eigenvalue weighted by Gasteiger charge is -2.35. The van der Waals surface area contributed by atoms with E-state index in [-0.39, 0.29) is 11.5 Å². The molecule has 2 atom stereocenters. The number of rotatable bonds is 6. The first-order valence-corrected chi connectivity index (χ1v) is 10.4. The average Bonchev–Trinajstić information content (AvgIpc) is 2.69. The van der Waals surface area contributed by atoms with Gasteiger partial charge in [-0.2, -0.15) is 0 Å². The fourth-order valence-electron chi connectivity index (χ4n) is 4.02. The van der Waals surface area contributed by atoms with Gasteiger partial charge in [-0.15, -0.1) is 0 Å². The van der Waals surface area contributed by atoms with Gasteiger partial charge in [-0.05, 0) is 67.1 Å². The molecule has 1 aliphatic rings. The number of nitrogens with zero attached hydrogens (tertiary/aromatic N) is 1. The predicted octanol–water partition coefficient (Wildman–Crippen LogP) is 4.54. The third-order valence-corrected chi connectivity index (χ3v) is 5.64. The summed E-state index contributed by atoms with van der Waals surface area (Å²) in [5.74, 6) is -1.09. The summed E-state index contributed by atoms with van der Waals surface area (Å²) in [4.78, 5) is 26.6. The van der Waals surface area contributed by atoms with Crippen molar-refractivity contribution in [2.75, 3.05) is 24.5 Å². The van der Waals surface area contributed by atoms with Crippen molar-refractivity contribution in [3.8, 4) is 0 Å². The molecule has 0 bridgehead atoms. The van der Waals surface area contributed by atoms with Crippen LogP contribution in [0.4, 0.5) is 5.69 Å². The average molecular weight is 415 g/mol. The molecule has 1 saturated heterocycles. The van der Waals surface area contributed by atoms with E-state index in [1.165, 1.54) is 18.6 Å². The molecular formula is C23H27ClN2O3. The third-order valence-electron chi connectivity index (χ3n) is 5.40. The first-order chi connectivity index (χ1) is 13.9. The number of amides is 1. The number of likely N-dealkylation sites (N-methyl/N-ethyl adjacent to an activating group) is 1. The topological polar surface area (TPSA) is 69.6 Å². The van der Waals surface area contributed by atoms with E-state index < -0.39 is 11.9 Å². The number of carbonyl (C=O) groups is 2. The summed E-state index contributed by atoms with van der Waals surface area (Å²) in [5, 5.41) is 12.7. The summed E-state index contributed by atoms with van der Waals surface area (Å²) in [5.41, 5.74) is 2.80. The van der Waals surface area contributed by atoms with Crippen molar-refractivity contribution >= 4 is 29.2 Å². The van der Waals surface area contributed by atoms with Gasteiger partial charge in [-0.25, -0.2) is 4.79 Å². The molecule has 0 spiro atoms. The molecule has 1 aliphatic heterocycles. The van der Waals surface area contributed by atoms with Crippen LogP contribution in [0, 0.1) is 5.92 Å². The van der Waals surface area contributed by atoms with Gasteiger partial charge in [0.15, 0.2) is 0 Å². The van der Waals surface area contributed by atoms with Crippen LogP contribution in [0.25, 0.3) is 0 Å². The monoisotopic (exact) mass is 414 g/mol. The number of benzene rings is 2. The zero-order chi connectivity index (χ0) is 21.0. The van der Waals surface area contributed by atoms with Crippen molar-refractivity contribution < 1.29 is 14.7 Å². The lowest BCUT2D eigenvalue weighted by Crippen LogP contribution is -2.36. The van der Waals surface area contributed by atoms with E-state index in [0.29, 0.717) is 17.5 Å². The fourth-order valence-corrected chi connectivity index (χ4v) is 4.20. The second kappa shape index (κ2) is 9.31. The smallest absolute Gasteiger partial charge is 0.335 e. The maximum absolute atomic E-state index is 13.1. The van der Waals surface area contributed by atoms with Crippen LogP contribution in [0.15, 0.2) is 42.5 Å². The number of aromatic carboxylic acids is 1. The van der Waals surface area contributed by atoms with E-state index in [1.807, 2.05) is 25.1 Å². The molecular weight excluding hydrogens is 388 g/mol. The molecule has 0 saturated carbocycles. The van der Waals surface area contributed by atoms with Crippen molar-refractivity contribution in [2.45, 2.75) is 32.6 Å². The summed E-state index contributed by atoms with van der Waals surface area (Å²) in [6.45, 7) is 6.52. The first-order valence-electron chi connectivity index (χ1n) is 10.1. The molecule has 6 heteroatoms. The van der Waals surface area contributed by atoms with Gasteiger partial charge >= 0.3 is 5.97 Å². The largest absolute Gasteiger partial charge is 0.478 e. The number of carboxylic acids is 1. The van der Waals surface area contributed by atoms with Crippen LogP contribution in [0.1, 0.15) is 54.1 Å². The number of hydrogen-bond donors (Lipinski definition) is 2. The molecule has 154 valence electrons. The minimum Gasteiger partial charge on any atom is -0.478 e. The van der Waals surface area contributed by atoms with Crippen LogP contribution in [-0.4, -0.2) is 36.6 Å². The predicted molar refractivity (Wildman–Crippen MR) is 116 cm³/mol. The minimum atomic E-state index is -0.989. The van der Waals surface area contributed by atoms with Gasteiger partial charge in [0.25, 0.3) is 0 Å². The second-order valence-electron chi connectivity index (χ2n) is 7.65. The van der Waals surface area contributed by atoms with Gasteiger partial charge in [0.05, 0.1) is 11.5 Å². The summed E-state index contributed by atoms with van der Waals surface area (Å²) in [6.07, 6.45) is 2.32. The van der Waals surface area contributed by atoms with Gasteiger partial charge < -0.3 is 15.3 Å². The molecule has 29 heavy (non-hydrogen) atoms. The van der Waals surface area contributed by atoms with E-state index in [2.05, 4.69) is 17.1 Å². The number of carbonyl (C=O) groups excluding carboxylic acids is 1. The SMILES string of the molecule is CCNC(=O)C(c1ccc(C(=O)O)cc1)c1cc(Cl)ccc1N1CCCC(C)C1. The molecule has 1 heterocycles. The summed E-state index contributed by atoms with van der Waals surface area (Å²) in [7, 11) is 0. The van der Waals surface area contributed by atoms with E-state index >= 15 is 0 Å². The molecule has 2 aromatic carbocycles. The zero-order valence-electron chi connectivity index (χ0n) is 16.8. The Hall–Kier alpha value is -2.53. The highest BCUT2D eigenvalue weighted by molar-refractivity contribution is 6.30. The molecule has 1 amide bonds. The second-order valence-corrected chi connectivity index (χ2v) is 8.09. The summed E-state index contributed by atoms with van der Waals surface area (Å²) >= 11 is 6.34. The lowest BCUT2D eigenvalue weighted by molar-refractivity contribution is -0.121. The van der Waals surface area contributed by atoms with E-state index in [0.717, 1.165) is 36.3 Å². The Bertz CT molecular complexity index is 882. The molecule has 0 aromatic heterocycles. The van der Waals surface area contributed by atoms with Crippen molar-refractivity contribution in [2.24, 2.45) is 5.92 Å². The quantitative estimate of drug-likeness (QED) is 0.727. The van der Waals surface area contributed by atoms with Crippen LogP contribution in [0.2, 0.25) is 5.02 Å². The normalized spacial score (nSPS) is 17.6. The Morgan fingerprint density at radius 3 is 2.59 bits per heavy atom. The molecule has 2 unspecified atom stereocenters. The molecule has 2 N–H and O–H groups in total. The van der Waals surface area contributed by atoms with Gasteiger partial charge in [-0.1, -0.05) is 30.7 Å². The van der Waals surface area contributed by atoms with Crippen LogP contribution in [0.5, 0.6) is 0 Å². The Morgan fingerprint density at radius 2 is 1.97 bits per heavy atom. The Kier molecular flexibility index (Phi) is 6.80. The molecule has 3 rings (SSSR count). The number of carboxylic acid groups (broad SMARTS) is 1. The number of anilines is 1. The third kappa shape index (κ3) is 4.91. The standard InChI is InChI=1S/C23H27ClN2O3/c1-3-25-22(27)21(16-6-8-17(9-7-16)23(28)29)19-13-18(24)10-11-20(19)26-12-4-5-15(2)14-26/h6-11,13,15,21H,3-5,12,14H2,1-2H3,(H,25,27)(H,28,29). The van der Waals surface area contributed by atoms with E-state index in [4.69, 9.17) is 11.6 Å². The zero-order valence-corrected chi connectivity index (χ0v) is 17.6. The summed E-state index contributed by atoms with van der Waals surface area (Å²) < 4.78 is 0. The first kappa shape index (κ1) is 21.2.